The summed E-state index contributed by atoms with van der Waals surface area (Å²) in [5.74, 6) is -0.0103. The topological polar surface area (TPSA) is 67.6 Å². The first-order valence-corrected chi connectivity index (χ1v) is 7.57. The zero-order valence-corrected chi connectivity index (χ0v) is 12.1. The number of furan rings is 1. The van der Waals surface area contributed by atoms with Crippen molar-refractivity contribution in [1.29, 1.82) is 0 Å². The summed E-state index contributed by atoms with van der Waals surface area (Å²) in [5, 5.41) is -0.233. The van der Waals surface area contributed by atoms with Gasteiger partial charge in [0.05, 0.1) is 5.69 Å². The maximum Gasteiger partial charge on any atom is 0.297 e. The molecule has 0 aliphatic heterocycles. The van der Waals surface area contributed by atoms with Crippen LogP contribution in [0, 0.1) is 6.92 Å². The van der Waals surface area contributed by atoms with Crippen LogP contribution in [0.2, 0.25) is 0 Å². The predicted octanol–water partition coefficient (Wildman–Crippen LogP) is 2.62. The van der Waals surface area contributed by atoms with E-state index >= 15 is 0 Å². The summed E-state index contributed by atoms with van der Waals surface area (Å²) in [6.45, 7) is 3.90. The van der Waals surface area contributed by atoms with Crippen LogP contribution in [0.25, 0.3) is 0 Å². The second-order valence-corrected chi connectivity index (χ2v) is 6.08. The van der Waals surface area contributed by atoms with Gasteiger partial charge in [-0.25, -0.2) is 0 Å². The minimum absolute atomic E-state index is 0.0103. The molecule has 20 heavy (non-hydrogen) atoms. The van der Waals surface area contributed by atoms with Gasteiger partial charge in [0.2, 0.25) is 5.09 Å². The highest BCUT2D eigenvalue weighted by Crippen LogP contribution is 2.25. The number of carbonyl (C=O) groups is 1. The lowest BCUT2D eigenvalue weighted by Crippen LogP contribution is -2.30. The molecule has 6 heteroatoms. The van der Waals surface area contributed by atoms with Gasteiger partial charge in [-0.05, 0) is 43.7 Å². The van der Waals surface area contributed by atoms with Crippen LogP contribution in [-0.4, -0.2) is 21.2 Å². The lowest BCUT2D eigenvalue weighted by Gasteiger charge is -2.21. The molecule has 2 rings (SSSR count). The van der Waals surface area contributed by atoms with Crippen molar-refractivity contribution in [3.8, 4) is 0 Å². The van der Waals surface area contributed by atoms with Crippen molar-refractivity contribution in [3.63, 3.8) is 0 Å². The van der Waals surface area contributed by atoms with Crippen LogP contribution in [0.15, 0.2) is 45.9 Å². The van der Waals surface area contributed by atoms with Gasteiger partial charge in [-0.15, -0.1) is 0 Å². The van der Waals surface area contributed by atoms with Gasteiger partial charge in [-0.1, -0.05) is 12.1 Å². The van der Waals surface area contributed by atoms with E-state index < -0.39 is 10.0 Å². The average Bonchev–Trinajstić information content (AvgIpc) is 2.89. The van der Waals surface area contributed by atoms with Gasteiger partial charge in [-0.3, -0.25) is 9.10 Å². The first-order valence-electron chi connectivity index (χ1n) is 6.13. The third-order valence-corrected chi connectivity index (χ3v) is 4.62. The fourth-order valence-electron chi connectivity index (χ4n) is 1.92. The van der Waals surface area contributed by atoms with E-state index in [2.05, 4.69) is 0 Å². The molecule has 0 radical (unpaired) electrons. The van der Waals surface area contributed by atoms with Crippen molar-refractivity contribution < 1.29 is 17.6 Å². The minimum Gasteiger partial charge on any atom is -0.440 e. The molecule has 0 fully saturated rings. The summed E-state index contributed by atoms with van der Waals surface area (Å²) >= 11 is 0. The number of carbonyl (C=O) groups excluding carboxylic acids is 1. The Morgan fingerprint density at radius 2 is 2.00 bits per heavy atom. The third-order valence-electron chi connectivity index (χ3n) is 2.84. The van der Waals surface area contributed by atoms with Gasteiger partial charge < -0.3 is 4.42 Å². The summed E-state index contributed by atoms with van der Waals surface area (Å²) in [4.78, 5) is 10.6. The van der Waals surface area contributed by atoms with Crippen molar-refractivity contribution in [2.75, 3.05) is 10.8 Å². The summed E-state index contributed by atoms with van der Waals surface area (Å²) in [6.07, 6.45) is 0.474. The van der Waals surface area contributed by atoms with Gasteiger partial charge >= 0.3 is 0 Å². The molecule has 0 bridgehead atoms. The van der Waals surface area contributed by atoms with Gasteiger partial charge in [0.15, 0.2) is 12.0 Å². The molecular weight excluding hydrogens is 278 g/mol. The SMILES string of the molecule is CCN(c1cccc(C)c1)S(=O)(=O)c1ccc(C=O)o1. The summed E-state index contributed by atoms with van der Waals surface area (Å²) in [6, 6.07) is 9.81. The first-order chi connectivity index (χ1) is 9.48. The Kier molecular flexibility index (Phi) is 3.94. The molecule has 2 aromatic rings. The Balaban J connectivity index is 2.47. The smallest absolute Gasteiger partial charge is 0.297 e. The normalized spacial score (nSPS) is 11.3. The molecule has 0 spiro atoms. The van der Waals surface area contributed by atoms with E-state index in [1.807, 2.05) is 13.0 Å². The van der Waals surface area contributed by atoms with Crippen LogP contribution in [0.4, 0.5) is 5.69 Å². The van der Waals surface area contributed by atoms with Crippen LogP contribution < -0.4 is 4.31 Å². The van der Waals surface area contributed by atoms with E-state index in [4.69, 9.17) is 4.42 Å². The zero-order chi connectivity index (χ0) is 14.8. The Hall–Kier alpha value is -2.08. The zero-order valence-electron chi connectivity index (χ0n) is 11.2. The fraction of sp³-hybridized carbons (Fsp3) is 0.214. The fourth-order valence-corrected chi connectivity index (χ4v) is 3.31. The molecule has 0 N–H and O–H groups in total. The molecule has 0 saturated heterocycles. The molecule has 0 aliphatic carbocycles. The minimum atomic E-state index is -3.80. The largest absolute Gasteiger partial charge is 0.440 e. The first kappa shape index (κ1) is 14.3. The second-order valence-electron chi connectivity index (χ2n) is 4.28. The van der Waals surface area contributed by atoms with Crippen molar-refractivity contribution in [2.45, 2.75) is 18.9 Å². The number of aldehydes is 1. The summed E-state index contributed by atoms with van der Waals surface area (Å²) < 4.78 is 31.3. The van der Waals surface area contributed by atoms with E-state index in [1.54, 1.807) is 25.1 Å². The van der Waals surface area contributed by atoms with Crippen molar-refractivity contribution in [3.05, 3.63) is 47.7 Å². The standard InChI is InChI=1S/C14H15NO4S/c1-3-15(12-6-4-5-11(2)9-12)20(17,18)14-8-7-13(10-16)19-14/h4-10H,3H2,1-2H3. The van der Waals surface area contributed by atoms with Gasteiger partial charge in [0, 0.05) is 6.54 Å². The van der Waals surface area contributed by atoms with Crippen LogP contribution in [0.5, 0.6) is 0 Å². The summed E-state index contributed by atoms with van der Waals surface area (Å²) in [7, 11) is -3.80. The van der Waals surface area contributed by atoms with Crippen molar-refractivity contribution in [2.24, 2.45) is 0 Å². The molecule has 1 aromatic heterocycles. The van der Waals surface area contributed by atoms with Crippen LogP contribution in [-0.2, 0) is 10.0 Å². The van der Waals surface area contributed by atoms with Crippen molar-refractivity contribution >= 4 is 22.0 Å². The predicted molar refractivity (Wildman–Crippen MR) is 75.5 cm³/mol. The Bertz CT molecular complexity index is 718. The van der Waals surface area contributed by atoms with Crippen LogP contribution >= 0.6 is 0 Å². The number of sulfonamides is 1. The summed E-state index contributed by atoms with van der Waals surface area (Å²) in [5.41, 5.74) is 1.53. The Morgan fingerprint density at radius 3 is 2.55 bits per heavy atom. The van der Waals surface area contributed by atoms with E-state index in [0.29, 0.717) is 12.0 Å². The lowest BCUT2D eigenvalue weighted by molar-refractivity contribution is 0.109. The molecule has 1 aromatic carbocycles. The van der Waals surface area contributed by atoms with E-state index in [0.717, 1.165) is 5.56 Å². The Labute approximate surface area is 117 Å². The highest BCUT2D eigenvalue weighted by Gasteiger charge is 2.27. The average molecular weight is 293 g/mol. The second kappa shape index (κ2) is 5.50. The Morgan fingerprint density at radius 1 is 1.25 bits per heavy atom. The number of hydrogen-bond acceptors (Lipinski definition) is 4. The highest BCUT2D eigenvalue weighted by atomic mass is 32.2. The molecule has 106 valence electrons. The van der Waals surface area contributed by atoms with Gasteiger partial charge in [0.25, 0.3) is 10.0 Å². The van der Waals surface area contributed by atoms with E-state index in [-0.39, 0.29) is 17.4 Å². The van der Waals surface area contributed by atoms with Gasteiger partial charge in [-0.2, -0.15) is 8.42 Å². The molecule has 1 heterocycles. The molecule has 0 atom stereocenters. The van der Waals surface area contributed by atoms with E-state index in [9.17, 15) is 13.2 Å². The molecule has 0 unspecified atom stereocenters. The van der Waals surface area contributed by atoms with Crippen LogP contribution in [0.1, 0.15) is 23.0 Å². The highest BCUT2D eigenvalue weighted by molar-refractivity contribution is 7.92. The van der Waals surface area contributed by atoms with Crippen molar-refractivity contribution in [1.82, 2.24) is 0 Å². The number of anilines is 1. The maximum atomic E-state index is 12.5. The number of rotatable bonds is 5. The maximum absolute atomic E-state index is 12.5. The molecule has 0 amide bonds. The van der Waals surface area contributed by atoms with E-state index in [1.165, 1.54) is 16.4 Å². The monoisotopic (exact) mass is 293 g/mol. The van der Waals surface area contributed by atoms with Gasteiger partial charge in [0.1, 0.15) is 0 Å². The molecule has 0 aliphatic rings. The number of hydrogen-bond donors (Lipinski definition) is 0. The van der Waals surface area contributed by atoms with Crippen LogP contribution in [0.3, 0.4) is 0 Å². The quantitative estimate of drug-likeness (QED) is 0.795. The number of aryl methyl sites for hydroxylation is 1. The lowest BCUT2D eigenvalue weighted by atomic mass is 10.2. The molecule has 0 saturated carbocycles. The third kappa shape index (κ3) is 2.60. The number of nitrogens with zero attached hydrogens (tertiary/aromatic N) is 1. The number of benzene rings is 1. The molecular formula is C14H15NO4S. The molecule has 5 nitrogen and oxygen atoms in total.